The average Bonchev–Trinajstić information content (AvgIpc) is 3.05. The Bertz CT molecular complexity index is 999. The molecular formula is C21H21N3O2. The van der Waals surface area contributed by atoms with Gasteiger partial charge < -0.3 is 10.2 Å². The molecule has 3 aromatic rings. The fraction of sp³-hybridized carbons (Fsp3) is 0.286. The lowest BCUT2D eigenvalue weighted by molar-refractivity contribution is -0.127. The van der Waals surface area contributed by atoms with Gasteiger partial charge in [-0.05, 0) is 36.2 Å². The van der Waals surface area contributed by atoms with Crippen LogP contribution < -0.4 is 5.32 Å². The van der Waals surface area contributed by atoms with E-state index in [2.05, 4.69) is 10.3 Å². The van der Waals surface area contributed by atoms with E-state index in [1.54, 1.807) is 6.20 Å². The topological polar surface area (TPSA) is 62.3 Å². The van der Waals surface area contributed by atoms with Crippen LogP contribution in [0.5, 0.6) is 0 Å². The lowest BCUT2D eigenvalue weighted by atomic mass is 10.00. The van der Waals surface area contributed by atoms with Crippen LogP contribution in [0.15, 0.2) is 48.7 Å². The molecule has 5 nitrogen and oxygen atoms in total. The molecule has 1 aliphatic heterocycles. The molecule has 5 heteroatoms. The third kappa shape index (κ3) is 3.01. The summed E-state index contributed by atoms with van der Waals surface area (Å²) in [6.45, 7) is 3.25. The minimum atomic E-state index is -0.154. The minimum absolute atomic E-state index is 0.116. The molecule has 4 rings (SSSR count). The van der Waals surface area contributed by atoms with E-state index in [0.717, 1.165) is 29.1 Å². The van der Waals surface area contributed by atoms with Crippen molar-refractivity contribution in [1.29, 1.82) is 0 Å². The Morgan fingerprint density at radius 2 is 2.04 bits per heavy atom. The van der Waals surface area contributed by atoms with Crippen molar-refractivity contribution < 1.29 is 9.59 Å². The van der Waals surface area contributed by atoms with Crippen molar-refractivity contribution in [2.75, 3.05) is 13.1 Å². The molecule has 26 heavy (non-hydrogen) atoms. The first-order chi connectivity index (χ1) is 12.6. The number of aromatic nitrogens is 1. The van der Waals surface area contributed by atoms with Crippen molar-refractivity contribution in [3.8, 4) is 0 Å². The number of rotatable bonds is 4. The zero-order chi connectivity index (χ0) is 18.1. The number of hydrogen-bond donors (Lipinski definition) is 1. The van der Waals surface area contributed by atoms with E-state index in [0.29, 0.717) is 24.0 Å². The quantitative estimate of drug-likeness (QED) is 0.738. The number of carbonyl (C=O) groups is 2. The molecule has 0 aliphatic carbocycles. The van der Waals surface area contributed by atoms with Crippen LogP contribution in [-0.4, -0.2) is 40.8 Å². The number of nitrogens with one attached hydrogen (secondary N) is 1. The molecule has 2 amide bonds. The first-order valence-electron chi connectivity index (χ1n) is 8.98. The third-order valence-electron chi connectivity index (χ3n) is 4.90. The van der Waals surface area contributed by atoms with Gasteiger partial charge in [0.15, 0.2) is 0 Å². The number of fused-ring (bicyclic) bond motifs is 3. The first kappa shape index (κ1) is 16.5. The summed E-state index contributed by atoms with van der Waals surface area (Å²) in [6.07, 6.45) is 3.22. The highest BCUT2D eigenvalue weighted by molar-refractivity contribution is 6.15. The Kier molecular flexibility index (Phi) is 4.29. The third-order valence-corrected chi connectivity index (χ3v) is 4.90. The summed E-state index contributed by atoms with van der Waals surface area (Å²) in [6, 6.07) is 13.7. The summed E-state index contributed by atoms with van der Waals surface area (Å²) >= 11 is 0. The molecule has 0 unspecified atom stereocenters. The lowest BCUT2D eigenvalue weighted by Gasteiger charge is -2.22. The fourth-order valence-corrected chi connectivity index (χ4v) is 3.68. The number of carbonyl (C=O) groups excluding carboxylic acids is 2. The van der Waals surface area contributed by atoms with Crippen molar-refractivity contribution in [2.24, 2.45) is 0 Å². The number of hydrogen-bond acceptors (Lipinski definition) is 3. The second-order valence-electron chi connectivity index (χ2n) is 6.86. The minimum Gasteiger partial charge on any atom is -0.348 e. The maximum atomic E-state index is 12.9. The molecule has 0 spiro atoms. The van der Waals surface area contributed by atoms with Crippen molar-refractivity contribution in [3.05, 3.63) is 54.2 Å². The SMILES string of the molecule is C[C@@H](CN1CCCC1=O)NC(=O)c1cc2ccccc2c2cccnc12. The molecule has 1 aliphatic rings. The highest BCUT2D eigenvalue weighted by atomic mass is 16.2. The van der Waals surface area contributed by atoms with Crippen LogP contribution in [0, 0.1) is 0 Å². The molecule has 1 fully saturated rings. The van der Waals surface area contributed by atoms with Gasteiger partial charge in [-0.15, -0.1) is 0 Å². The second-order valence-corrected chi connectivity index (χ2v) is 6.86. The van der Waals surface area contributed by atoms with Crippen LogP contribution >= 0.6 is 0 Å². The smallest absolute Gasteiger partial charge is 0.253 e. The summed E-state index contributed by atoms with van der Waals surface area (Å²) in [4.78, 5) is 31.0. The van der Waals surface area contributed by atoms with Crippen LogP contribution in [0.2, 0.25) is 0 Å². The standard InChI is InChI=1S/C21H21N3O2/c1-14(13-24-11-5-9-19(24)25)23-21(26)18-12-15-6-2-3-7-16(15)17-8-4-10-22-20(17)18/h2-4,6-8,10,12,14H,5,9,11,13H2,1H3,(H,23,26)/t14-/m0/s1. The molecule has 0 bridgehead atoms. The highest BCUT2D eigenvalue weighted by Crippen LogP contribution is 2.27. The average molecular weight is 347 g/mol. The Morgan fingerprint density at radius 3 is 2.85 bits per heavy atom. The molecule has 1 saturated heterocycles. The van der Waals surface area contributed by atoms with Gasteiger partial charge in [0, 0.05) is 37.1 Å². The number of nitrogens with zero attached hydrogens (tertiary/aromatic N) is 2. The van der Waals surface area contributed by atoms with E-state index in [-0.39, 0.29) is 17.9 Å². The van der Waals surface area contributed by atoms with Gasteiger partial charge >= 0.3 is 0 Å². The van der Waals surface area contributed by atoms with Crippen molar-refractivity contribution in [2.45, 2.75) is 25.8 Å². The van der Waals surface area contributed by atoms with E-state index in [9.17, 15) is 9.59 Å². The van der Waals surface area contributed by atoms with Gasteiger partial charge in [0.05, 0.1) is 11.1 Å². The summed E-state index contributed by atoms with van der Waals surface area (Å²) in [5.41, 5.74) is 1.27. The van der Waals surface area contributed by atoms with E-state index < -0.39 is 0 Å². The number of benzene rings is 2. The highest BCUT2D eigenvalue weighted by Gasteiger charge is 2.23. The molecule has 1 atom stereocenters. The van der Waals surface area contributed by atoms with Crippen LogP contribution in [-0.2, 0) is 4.79 Å². The first-order valence-corrected chi connectivity index (χ1v) is 8.98. The summed E-state index contributed by atoms with van der Waals surface area (Å²) in [5.74, 6) is 0.0162. The van der Waals surface area contributed by atoms with Gasteiger partial charge in [0.2, 0.25) is 5.91 Å². The van der Waals surface area contributed by atoms with Gasteiger partial charge in [0.25, 0.3) is 5.91 Å². The predicted molar refractivity (Wildman–Crippen MR) is 102 cm³/mol. The van der Waals surface area contributed by atoms with Crippen molar-refractivity contribution >= 4 is 33.5 Å². The summed E-state index contributed by atoms with van der Waals surface area (Å²) in [7, 11) is 0. The van der Waals surface area contributed by atoms with E-state index >= 15 is 0 Å². The molecule has 1 aromatic heterocycles. The lowest BCUT2D eigenvalue weighted by Crippen LogP contribution is -2.42. The van der Waals surface area contributed by atoms with Crippen LogP contribution in [0.4, 0.5) is 0 Å². The van der Waals surface area contributed by atoms with Crippen molar-refractivity contribution in [1.82, 2.24) is 15.2 Å². The van der Waals surface area contributed by atoms with Gasteiger partial charge in [-0.25, -0.2) is 0 Å². The largest absolute Gasteiger partial charge is 0.348 e. The van der Waals surface area contributed by atoms with Crippen LogP contribution in [0.25, 0.3) is 21.7 Å². The molecule has 1 N–H and O–H groups in total. The van der Waals surface area contributed by atoms with E-state index in [1.165, 1.54) is 0 Å². The van der Waals surface area contributed by atoms with E-state index in [4.69, 9.17) is 0 Å². The summed E-state index contributed by atoms with van der Waals surface area (Å²) in [5, 5.41) is 6.10. The number of amides is 2. The second kappa shape index (κ2) is 6.75. The Morgan fingerprint density at radius 1 is 1.23 bits per heavy atom. The normalized spacial score (nSPS) is 15.6. The molecule has 0 radical (unpaired) electrons. The Balaban J connectivity index is 1.64. The molecular weight excluding hydrogens is 326 g/mol. The molecule has 2 heterocycles. The zero-order valence-electron chi connectivity index (χ0n) is 14.7. The monoisotopic (exact) mass is 347 g/mol. The van der Waals surface area contributed by atoms with Crippen LogP contribution in [0.1, 0.15) is 30.1 Å². The van der Waals surface area contributed by atoms with Gasteiger partial charge in [-0.3, -0.25) is 14.6 Å². The molecule has 0 saturated carbocycles. The van der Waals surface area contributed by atoms with Gasteiger partial charge in [-0.2, -0.15) is 0 Å². The predicted octanol–water partition coefficient (Wildman–Crippen LogP) is 3.13. The molecule has 132 valence electrons. The van der Waals surface area contributed by atoms with E-state index in [1.807, 2.05) is 54.3 Å². The van der Waals surface area contributed by atoms with Gasteiger partial charge in [-0.1, -0.05) is 30.3 Å². The maximum Gasteiger partial charge on any atom is 0.253 e. The fourth-order valence-electron chi connectivity index (χ4n) is 3.68. The summed E-state index contributed by atoms with van der Waals surface area (Å²) < 4.78 is 0. The Labute approximate surface area is 152 Å². The Hall–Kier alpha value is -2.95. The number of pyridine rings is 1. The van der Waals surface area contributed by atoms with Gasteiger partial charge in [0.1, 0.15) is 0 Å². The molecule has 2 aromatic carbocycles. The number of likely N-dealkylation sites (tertiary alicyclic amines) is 1. The maximum absolute atomic E-state index is 12.9. The zero-order valence-corrected chi connectivity index (χ0v) is 14.7. The van der Waals surface area contributed by atoms with Crippen LogP contribution in [0.3, 0.4) is 0 Å². The van der Waals surface area contributed by atoms with Crippen molar-refractivity contribution in [3.63, 3.8) is 0 Å².